The fraction of sp³-hybridized carbons (Fsp3) is 0.647. The number of nitrogens with zero attached hydrogens (tertiary/aromatic N) is 2. The molecule has 1 aliphatic heterocycles. The van der Waals surface area contributed by atoms with E-state index in [1.54, 1.807) is 12.4 Å². The summed E-state index contributed by atoms with van der Waals surface area (Å²) in [5, 5.41) is 3.13. The number of amides is 2. The number of pyridine rings is 1. The van der Waals surface area contributed by atoms with Crippen molar-refractivity contribution < 1.29 is 9.53 Å². The first kappa shape index (κ1) is 16.7. The van der Waals surface area contributed by atoms with Gasteiger partial charge in [-0.15, -0.1) is 0 Å². The first-order chi connectivity index (χ1) is 10.2. The van der Waals surface area contributed by atoms with Gasteiger partial charge in [-0.25, -0.2) is 4.79 Å². The highest BCUT2D eigenvalue weighted by molar-refractivity contribution is 5.75. The lowest BCUT2D eigenvalue weighted by atomic mass is 9.99. The molecule has 0 spiro atoms. The number of carbonyl (C=O) groups excluding carboxylic acids is 1. The minimum atomic E-state index is -0.336. The van der Waals surface area contributed by atoms with Crippen molar-refractivity contribution in [3.05, 3.63) is 30.1 Å². The molecule has 0 unspecified atom stereocenters. The summed E-state index contributed by atoms with van der Waals surface area (Å²) < 4.78 is 6.03. The lowest BCUT2D eigenvalue weighted by Gasteiger charge is -2.47. The maximum atomic E-state index is 12.7. The van der Waals surface area contributed by atoms with Crippen LogP contribution >= 0.6 is 0 Å². The Morgan fingerprint density at radius 2 is 1.82 bits per heavy atom. The van der Waals surface area contributed by atoms with Crippen molar-refractivity contribution in [1.82, 2.24) is 15.2 Å². The summed E-state index contributed by atoms with van der Waals surface area (Å²) in [4.78, 5) is 18.5. The molecule has 2 rings (SSSR count). The van der Waals surface area contributed by atoms with E-state index in [9.17, 15) is 4.79 Å². The zero-order valence-electron chi connectivity index (χ0n) is 14.2. The normalized spacial score (nSPS) is 21.2. The molecule has 1 atom stereocenters. The predicted octanol–water partition coefficient (Wildman–Crippen LogP) is 3.13. The Bertz CT molecular complexity index is 498. The zero-order valence-corrected chi connectivity index (χ0v) is 14.2. The summed E-state index contributed by atoms with van der Waals surface area (Å²) in [6, 6.07) is 3.86. The first-order valence-corrected chi connectivity index (χ1v) is 7.88. The number of morpholine rings is 1. The molecule has 0 saturated carbocycles. The number of carbonyl (C=O) groups is 1. The van der Waals surface area contributed by atoms with E-state index in [1.165, 1.54) is 0 Å². The Morgan fingerprint density at radius 1 is 1.27 bits per heavy atom. The third-order valence-corrected chi connectivity index (χ3v) is 3.80. The smallest absolute Gasteiger partial charge is 0.318 e. The van der Waals surface area contributed by atoms with Gasteiger partial charge >= 0.3 is 6.03 Å². The molecule has 1 aliphatic rings. The molecule has 1 saturated heterocycles. The minimum absolute atomic E-state index is 0.00423. The van der Waals surface area contributed by atoms with Gasteiger partial charge in [-0.2, -0.15) is 0 Å². The molecule has 5 nitrogen and oxygen atoms in total. The number of nitrogens with one attached hydrogen (secondary N) is 1. The lowest BCUT2D eigenvalue weighted by molar-refractivity contribution is -0.170. The van der Waals surface area contributed by atoms with Gasteiger partial charge in [-0.1, -0.05) is 6.92 Å². The van der Waals surface area contributed by atoms with E-state index in [0.29, 0.717) is 13.1 Å². The third-order valence-electron chi connectivity index (χ3n) is 3.80. The van der Waals surface area contributed by atoms with Crippen LogP contribution in [-0.2, 0) is 4.74 Å². The standard InChI is InChI=1S/C17H27N3O2/c1-6-14(13-7-9-18-10-8-13)19-15(21)20-11-16(2,3)22-17(4,5)12-20/h7-10,14H,6,11-12H2,1-5H3,(H,19,21)/t14-/m1/s1. The fourth-order valence-corrected chi connectivity index (χ4v) is 3.19. The van der Waals surface area contributed by atoms with E-state index in [1.807, 2.05) is 44.7 Å². The summed E-state index contributed by atoms with van der Waals surface area (Å²) in [7, 11) is 0. The summed E-state index contributed by atoms with van der Waals surface area (Å²) in [6.07, 6.45) is 4.35. The van der Waals surface area contributed by atoms with Gasteiger partial charge in [0.2, 0.25) is 0 Å². The maximum absolute atomic E-state index is 12.7. The van der Waals surface area contributed by atoms with Crippen LogP contribution in [0, 0.1) is 0 Å². The second-order valence-electron chi connectivity index (χ2n) is 7.17. The van der Waals surface area contributed by atoms with E-state index < -0.39 is 0 Å². The van der Waals surface area contributed by atoms with Crippen molar-refractivity contribution in [2.24, 2.45) is 0 Å². The van der Waals surface area contributed by atoms with Gasteiger partial charge in [-0.05, 0) is 51.8 Å². The second-order valence-corrected chi connectivity index (χ2v) is 7.17. The lowest BCUT2D eigenvalue weighted by Crippen LogP contribution is -2.60. The molecule has 0 radical (unpaired) electrons. The van der Waals surface area contributed by atoms with Crippen LogP contribution in [0.2, 0.25) is 0 Å². The molecule has 1 aromatic rings. The van der Waals surface area contributed by atoms with E-state index in [-0.39, 0.29) is 23.3 Å². The van der Waals surface area contributed by atoms with Gasteiger partial charge in [0.05, 0.1) is 30.3 Å². The van der Waals surface area contributed by atoms with Gasteiger partial charge in [-0.3, -0.25) is 4.98 Å². The molecule has 0 bridgehead atoms. The van der Waals surface area contributed by atoms with Crippen molar-refractivity contribution in [3.8, 4) is 0 Å². The van der Waals surface area contributed by atoms with Gasteiger partial charge in [0.15, 0.2) is 0 Å². The molecule has 2 amide bonds. The van der Waals surface area contributed by atoms with Crippen LogP contribution in [0.3, 0.4) is 0 Å². The van der Waals surface area contributed by atoms with Crippen LogP contribution in [0.1, 0.15) is 52.6 Å². The van der Waals surface area contributed by atoms with E-state index in [0.717, 1.165) is 12.0 Å². The van der Waals surface area contributed by atoms with Crippen molar-refractivity contribution in [2.75, 3.05) is 13.1 Å². The monoisotopic (exact) mass is 305 g/mol. The zero-order chi connectivity index (χ0) is 16.4. The van der Waals surface area contributed by atoms with Crippen molar-refractivity contribution in [1.29, 1.82) is 0 Å². The topological polar surface area (TPSA) is 54.5 Å². The minimum Gasteiger partial charge on any atom is -0.366 e. The Balaban J connectivity index is 2.07. The summed E-state index contributed by atoms with van der Waals surface area (Å²) >= 11 is 0. The molecule has 22 heavy (non-hydrogen) atoms. The Labute approximate surface area is 133 Å². The number of aromatic nitrogens is 1. The van der Waals surface area contributed by atoms with Crippen LogP contribution < -0.4 is 5.32 Å². The Hall–Kier alpha value is -1.62. The molecule has 0 aromatic carbocycles. The molecular weight excluding hydrogens is 278 g/mol. The van der Waals surface area contributed by atoms with Crippen LogP contribution in [-0.4, -0.2) is 40.2 Å². The molecule has 1 aromatic heterocycles. The van der Waals surface area contributed by atoms with Gasteiger partial charge < -0.3 is 15.0 Å². The fourth-order valence-electron chi connectivity index (χ4n) is 3.19. The van der Waals surface area contributed by atoms with Gasteiger partial charge in [0, 0.05) is 12.4 Å². The quantitative estimate of drug-likeness (QED) is 0.933. The highest BCUT2D eigenvalue weighted by atomic mass is 16.5. The molecular formula is C17H27N3O2. The predicted molar refractivity (Wildman–Crippen MR) is 86.6 cm³/mol. The maximum Gasteiger partial charge on any atom is 0.318 e. The van der Waals surface area contributed by atoms with Crippen LogP contribution in [0.25, 0.3) is 0 Å². The summed E-state index contributed by atoms with van der Waals surface area (Å²) in [5.74, 6) is 0. The first-order valence-electron chi connectivity index (χ1n) is 7.88. The van der Waals surface area contributed by atoms with Gasteiger partial charge in [0.25, 0.3) is 0 Å². The Kier molecular flexibility index (Phi) is 4.75. The number of hydrogen-bond donors (Lipinski definition) is 1. The Morgan fingerprint density at radius 3 is 2.32 bits per heavy atom. The number of ether oxygens (including phenoxy) is 1. The summed E-state index contributed by atoms with van der Waals surface area (Å²) in [5.41, 5.74) is 0.409. The molecule has 5 heteroatoms. The van der Waals surface area contributed by atoms with Crippen LogP contribution in [0.4, 0.5) is 4.79 Å². The third kappa shape index (κ3) is 4.19. The number of urea groups is 1. The second kappa shape index (κ2) is 6.24. The number of rotatable bonds is 3. The van der Waals surface area contributed by atoms with Crippen molar-refractivity contribution in [3.63, 3.8) is 0 Å². The van der Waals surface area contributed by atoms with Crippen molar-refractivity contribution in [2.45, 2.75) is 58.3 Å². The van der Waals surface area contributed by atoms with Gasteiger partial charge in [0.1, 0.15) is 0 Å². The molecule has 122 valence electrons. The molecule has 2 heterocycles. The molecule has 1 N–H and O–H groups in total. The highest BCUT2D eigenvalue weighted by Gasteiger charge is 2.40. The number of hydrogen-bond acceptors (Lipinski definition) is 3. The largest absolute Gasteiger partial charge is 0.366 e. The van der Waals surface area contributed by atoms with E-state index >= 15 is 0 Å². The SMILES string of the molecule is CC[C@@H](NC(=O)N1CC(C)(C)OC(C)(C)C1)c1ccncc1. The van der Waals surface area contributed by atoms with E-state index in [4.69, 9.17) is 4.74 Å². The molecule has 0 aliphatic carbocycles. The van der Waals surface area contributed by atoms with Crippen LogP contribution in [0.15, 0.2) is 24.5 Å². The van der Waals surface area contributed by atoms with Crippen LogP contribution in [0.5, 0.6) is 0 Å². The average molecular weight is 305 g/mol. The van der Waals surface area contributed by atoms with Crippen molar-refractivity contribution >= 4 is 6.03 Å². The summed E-state index contributed by atoms with van der Waals surface area (Å²) in [6.45, 7) is 11.3. The van der Waals surface area contributed by atoms with E-state index in [2.05, 4.69) is 17.2 Å². The molecule has 1 fully saturated rings. The highest BCUT2D eigenvalue weighted by Crippen LogP contribution is 2.28. The average Bonchev–Trinajstić information content (AvgIpc) is 2.42.